The first-order chi connectivity index (χ1) is 26.5. The predicted molar refractivity (Wildman–Crippen MR) is 185 cm³/mol. The second-order valence-electron chi connectivity index (χ2n) is 15.3. The topological polar surface area (TPSA) is 253 Å². The molecule has 1 N–H and O–H groups in total. The molecule has 0 amide bonds. The van der Waals surface area contributed by atoms with Gasteiger partial charge in [-0.3, -0.25) is 38.5 Å². The highest BCUT2D eigenvalue weighted by molar-refractivity contribution is 5.90. The first-order valence-electron chi connectivity index (χ1n) is 18.3. The molecule has 0 aromatic carbocycles. The van der Waals surface area contributed by atoms with Gasteiger partial charge in [0, 0.05) is 47.7 Å². The third-order valence-corrected chi connectivity index (χ3v) is 11.1. The van der Waals surface area contributed by atoms with Gasteiger partial charge in [-0.2, -0.15) is 0 Å². The van der Waals surface area contributed by atoms with E-state index in [0.29, 0.717) is 0 Å². The number of esters is 8. The predicted octanol–water partition coefficient (Wildman–Crippen LogP) is 0.863. The lowest BCUT2D eigenvalue weighted by atomic mass is 9.45. The van der Waals surface area contributed by atoms with Crippen molar-refractivity contribution in [2.24, 2.45) is 17.3 Å². The van der Waals surface area contributed by atoms with Gasteiger partial charge in [0.05, 0.1) is 23.1 Å². The smallest absolute Gasteiger partial charge is 0.340 e. The van der Waals surface area contributed by atoms with Crippen molar-refractivity contribution in [2.45, 2.75) is 129 Å². The van der Waals surface area contributed by atoms with E-state index in [4.69, 9.17) is 42.6 Å². The first kappa shape index (κ1) is 43.0. The van der Waals surface area contributed by atoms with Crippen LogP contribution in [0.25, 0.3) is 0 Å². The quantitative estimate of drug-likeness (QED) is 0.296. The molecule has 1 spiro atoms. The van der Waals surface area contributed by atoms with Gasteiger partial charge in [0.1, 0.15) is 42.0 Å². The summed E-state index contributed by atoms with van der Waals surface area (Å²) in [5, 5.41) is 13.4. The lowest BCUT2D eigenvalue weighted by Gasteiger charge is -2.67. The van der Waals surface area contributed by atoms with Crippen LogP contribution in [0.3, 0.4) is 0 Å². The highest BCUT2D eigenvalue weighted by atomic mass is 16.7. The standard InChI is InChI=1S/C38H47NO18/c1-17-12-13-25-24(11-10-14-39-25)34(47)50-15-35(8)26-27(51-19(3)41)31(54-22(6)44)37(16-49-18(2)40)32(55-23(7)45)28(52-20(4)42)30(56-33(17)46)36(9,48)38(37,57-35)29(26)53-21(5)43/h10-11,14,17,26-32,48H,12-13,15-16H2,1-9H3/t17-,26-,27+,28-,29+,30-,31+,32-,35-,36-,37+,38-/m0/s1. The fraction of sp³-hybridized carbons (Fsp3) is 0.658. The summed E-state index contributed by atoms with van der Waals surface area (Å²) in [6, 6.07) is 2.95. The van der Waals surface area contributed by atoms with E-state index in [1.807, 2.05) is 0 Å². The Bertz CT molecular complexity index is 1840. The number of carbonyl (C=O) groups excluding carboxylic acids is 8. The Morgan fingerprint density at radius 3 is 1.91 bits per heavy atom. The fourth-order valence-corrected chi connectivity index (χ4v) is 9.16. The molecule has 3 fully saturated rings. The number of fused-ring (bicyclic) bond motifs is 5. The largest absolute Gasteiger partial charge is 0.465 e. The first-order valence-corrected chi connectivity index (χ1v) is 18.3. The molecule has 57 heavy (non-hydrogen) atoms. The summed E-state index contributed by atoms with van der Waals surface area (Å²) < 4.78 is 54.2. The van der Waals surface area contributed by atoms with Gasteiger partial charge in [-0.15, -0.1) is 0 Å². The molecular formula is C38H47NO18. The molecule has 0 radical (unpaired) electrons. The van der Waals surface area contributed by atoms with Gasteiger partial charge in [-0.25, -0.2) is 4.79 Å². The summed E-state index contributed by atoms with van der Waals surface area (Å²) >= 11 is 0. The van der Waals surface area contributed by atoms with Crippen molar-refractivity contribution in [3.8, 4) is 0 Å². The van der Waals surface area contributed by atoms with Gasteiger partial charge < -0.3 is 47.7 Å². The van der Waals surface area contributed by atoms with Crippen LogP contribution in [0.1, 0.15) is 84.8 Å². The zero-order valence-corrected chi connectivity index (χ0v) is 33.0. The minimum atomic E-state index is -2.80. The van der Waals surface area contributed by atoms with Crippen LogP contribution in [-0.4, -0.2) is 124 Å². The summed E-state index contributed by atoms with van der Waals surface area (Å²) in [5.74, 6) is -10.5. The molecule has 3 heterocycles. The summed E-state index contributed by atoms with van der Waals surface area (Å²) in [5.41, 5.74) is -9.87. The number of cyclic esters (lactones) is 1. The number of aliphatic hydroxyl groups is 1. The molecule has 2 saturated carbocycles. The molecule has 1 aromatic heterocycles. The van der Waals surface area contributed by atoms with E-state index >= 15 is 0 Å². The summed E-state index contributed by atoms with van der Waals surface area (Å²) in [7, 11) is 0. The summed E-state index contributed by atoms with van der Waals surface area (Å²) in [6.07, 6.45) is -10.3. The van der Waals surface area contributed by atoms with E-state index in [1.165, 1.54) is 32.2 Å². The van der Waals surface area contributed by atoms with E-state index in [1.54, 1.807) is 0 Å². The minimum Gasteiger partial charge on any atom is -0.465 e. The Balaban J connectivity index is 1.99. The molecule has 312 valence electrons. The van der Waals surface area contributed by atoms with E-state index in [-0.39, 0.29) is 24.1 Å². The van der Waals surface area contributed by atoms with Crippen LogP contribution in [-0.2, 0) is 82.6 Å². The number of aromatic nitrogens is 1. The number of carbonyl (C=O) groups is 8. The average Bonchev–Trinajstić information content (AvgIpc) is 3.32. The van der Waals surface area contributed by atoms with Gasteiger partial charge in [0.25, 0.3) is 0 Å². The number of ether oxygens (including phenoxy) is 9. The molecule has 0 unspecified atom stereocenters. The van der Waals surface area contributed by atoms with Crippen molar-refractivity contribution in [3.63, 3.8) is 0 Å². The van der Waals surface area contributed by atoms with Crippen LogP contribution in [0.15, 0.2) is 18.3 Å². The van der Waals surface area contributed by atoms with Crippen molar-refractivity contribution >= 4 is 47.8 Å². The second kappa shape index (κ2) is 15.6. The number of nitrogens with zero attached hydrogens (tertiary/aromatic N) is 1. The van der Waals surface area contributed by atoms with Crippen LogP contribution >= 0.6 is 0 Å². The average molecular weight is 806 g/mol. The van der Waals surface area contributed by atoms with Crippen LogP contribution in [0.5, 0.6) is 0 Å². The van der Waals surface area contributed by atoms with Crippen LogP contribution in [0.4, 0.5) is 0 Å². The van der Waals surface area contributed by atoms with Crippen molar-refractivity contribution in [2.75, 3.05) is 13.2 Å². The maximum atomic E-state index is 14.1. The maximum Gasteiger partial charge on any atom is 0.340 e. The van der Waals surface area contributed by atoms with Gasteiger partial charge in [-0.1, -0.05) is 6.92 Å². The molecule has 1 saturated heterocycles. The molecule has 4 aliphatic rings. The molecule has 12 atom stereocenters. The Hall–Kier alpha value is -5.17. The number of aryl methyl sites for hydroxylation is 1. The van der Waals surface area contributed by atoms with Gasteiger partial charge >= 0.3 is 47.8 Å². The highest BCUT2D eigenvalue weighted by Crippen LogP contribution is 2.70. The summed E-state index contributed by atoms with van der Waals surface area (Å²) in [4.78, 5) is 111. The lowest BCUT2D eigenvalue weighted by Crippen LogP contribution is -2.89. The number of hydrogen-bond acceptors (Lipinski definition) is 19. The number of rotatable bonds is 7. The highest BCUT2D eigenvalue weighted by Gasteiger charge is 2.92. The Morgan fingerprint density at radius 1 is 0.807 bits per heavy atom. The van der Waals surface area contributed by atoms with E-state index in [2.05, 4.69) is 4.98 Å². The number of pyridine rings is 1. The van der Waals surface area contributed by atoms with Gasteiger partial charge in [0.15, 0.2) is 30.0 Å². The fourth-order valence-electron chi connectivity index (χ4n) is 9.16. The van der Waals surface area contributed by atoms with Crippen molar-refractivity contribution in [3.05, 3.63) is 29.6 Å². The zero-order chi connectivity index (χ0) is 42.4. The molecule has 19 nitrogen and oxygen atoms in total. The van der Waals surface area contributed by atoms with Crippen LogP contribution < -0.4 is 0 Å². The second-order valence-corrected chi connectivity index (χ2v) is 15.3. The van der Waals surface area contributed by atoms with Crippen LogP contribution in [0.2, 0.25) is 0 Å². The third kappa shape index (κ3) is 7.30. The molecule has 2 aliphatic carbocycles. The molecule has 4 bridgehead atoms. The van der Waals surface area contributed by atoms with Crippen molar-refractivity contribution in [1.29, 1.82) is 0 Å². The Labute approximate surface area is 327 Å². The monoisotopic (exact) mass is 805 g/mol. The Morgan fingerprint density at radius 2 is 1.35 bits per heavy atom. The normalized spacial score (nSPS) is 37.1. The van der Waals surface area contributed by atoms with E-state index in [0.717, 1.165) is 48.5 Å². The van der Waals surface area contributed by atoms with E-state index in [9.17, 15) is 43.5 Å². The van der Waals surface area contributed by atoms with Crippen molar-refractivity contribution in [1.82, 2.24) is 4.98 Å². The SMILES string of the molecule is CC(=O)OC[C@]12[C@H](OC(C)=O)[C@H](OC(C)=O)[C@H]3[C@@H](OC(C)=O)[C@@]14O[C@@]3(C)COC(=O)c1cccnc1CC[C@H](C)C(=O)O[C@@H]([C@H](OC(C)=O)[C@@H]2OC(C)=O)[C@]4(C)O. The lowest BCUT2D eigenvalue weighted by molar-refractivity contribution is -0.386. The number of hydrogen-bond donors (Lipinski definition) is 1. The van der Waals surface area contributed by atoms with Crippen LogP contribution in [0, 0.1) is 17.3 Å². The summed E-state index contributed by atoms with van der Waals surface area (Å²) in [6.45, 7) is 8.15. The van der Waals surface area contributed by atoms with Crippen molar-refractivity contribution < 1.29 is 86.1 Å². The molecule has 19 heteroatoms. The van der Waals surface area contributed by atoms with Gasteiger partial charge in [-0.05, 0) is 38.8 Å². The third-order valence-electron chi connectivity index (χ3n) is 11.1. The molecule has 1 aromatic rings. The molecular weight excluding hydrogens is 758 g/mol. The molecule has 2 aliphatic heterocycles. The Kier molecular flexibility index (Phi) is 11.8. The van der Waals surface area contributed by atoms with E-state index < -0.39 is 132 Å². The minimum absolute atomic E-state index is 0.0290. The zero-order valence-electron chi connectivity index (χ0n) is 33.0. The maximum absolute atomic E-state index is 14.1. The molecule has 5 rings (SSSR count). The van der Waals surface area contributed by atoms with Gasteiger partial charge in [0.2, 0.25) is 0 Å².